The van der Waals surface area contributed by atoms with E-state index >= 15 is 0 Å². The highest BCUT2D eigenvalue weighted by Crippen LogP contribution is 2.27. The van der Waals surface area contributed by atoms with Gasteiger partial charge in [-0.25, -0.2) is 9.37 Å². The molecule has 1 aromatic heterocycles. The Morgan fingerprint density at radius 1 is 1.04 bits per heavy atom. The van der Waals surface area contributed by atoms with Crippen molar-refractivity contribution in [3.05, 3.63) is 56.9 Å². The second-order valence-corrected chi connectivity index (χ2v) is 6.67. The summed E-state index contributed by atoms with van der Waals surface area (Å²) in [6.07, 6.45) is 1.59. The maximum atomic E-state index is 13.9. The molecule has 0 unspecified atom stereocenters. The summed E-state index contributed by atoms with van der Waals surface area (Å²) in [6, 6.07) is 6.47. The fourth-order valence-corrected chi connectivity index (χ4v) is 3.39. The van der Waals surface area contributed by atoms with Crippen LogP contribution in [0.3, 0.4) is 0 Å². The van der Waals surface area contributed by atoms with E-state index in [1.165, 1.54) is 6.07 Å². The van der Waals surface area contributed by atoms with Gasteiger partial charge in [0.1, 0.15) is 11.6 Å². The highest BCUT2D eigenvalue weighted by molar-refractivity contribution is 6.36. The Morgan fingerprint density at radius 3 is 2.43 bits per heavy atom. The third-order valence-electron chi connectivity index (χ3n) is 3.90. The summed E-state index contributed by atoms with van der Waals surface area (Å²) in [5, 5.41) is 1.53. The molecule has 7 heteroatoms. The van der Waals surface area contributed by atoms with Gasteiger partial charge in [0.2, 0.25) is 0 Å². The number of piperazine rings is 1. The lowest BCUT2D eigenvalue weighted by atomic mass is 10.2. The second kappa shape index (κ2) is 7.22. The molecule has 122 valence electrons. The zero-order chi connectivity index (χ0) is 16.4. The van der Waals surface area contributed by atoms with E-state index in [1.807, 2.05) is 0 Å². The Morgan fingerprint density at radius 2 is 1.78 bits per heavy atom. The Labute approximate surface area is 149 Å². The number of rotatable bonds is 3. The second-order valence-electron chi connectivity index (χ2n) is 5.42. The van der Waals surface area contributed by atoms with Crippen molar-refractivity contribution in [1.29, 1.82) is 0 Å². The number of hydrogen-bond donors (Lipinski definition) is 0. The molecule has 0 aliphatic carbocycles. The van der Waals surface area contributed by atoms with Crippen LogP contribution in [0.5, 0.6) is 0 Å². The van der Waals surface area contributed by atoms with Gasteiger partial charge in [0, 0.05) is 49.5 Å². The molecule has 1 fully saturated rings. The molecule has 0 amide bonds. The van der Waals surface area contributed by atoms with Crippen molar-refractivity contribution < 1.29 is 4.39 Å². The number of halogens is 4. The molecule has 1 aliphatic heterocycles. The minimum absolute atomic E-state index is 0.262. The number of pyridine rings is 1. The zero-order valence-corrected chi connectivity index (χ0v) is 14.5. The van der Waals surface area contributed by atoms with Crippen molar-refractivity contribution in [3.8, 4) is 0 Å². The Balaban J connectivity index is 1.64. The molecule has 1 aromatic carbocycles. The molecule has 0 atom stereocenters. The van der Waals surface area contributed by atoms with Crippen LogP contribution in [0.15, 0.2) is 30.5 Å². The first kappa shape index (κ1) is 16.8. The van der Waals surface area contributed by atoms with Gasteiger partial charge >= 0.3 is 0 Å². The quantitative estimate of drug-likeness (QED) is 0.788. The van der Waals surface area contributed by atoms with Crippen molar-refractivity contribution in [1.82, 2.24) is 9.88 Å². The van der Waals surface area contributed by atoms with Gasteiger partial charge in [-0.15, -0.1) is 0 Å². The van der Waals surface area contributed by atoms with Crippen LogP contribution in [-0.2, 0) is 6.54 Å². The number of anilines is 1. The van der Waals surface area contributed by atoms with Crippen molar-refractivity contribution >= 4 is 40.6 Å². The van der Waals surface area contributed by atoms with Gasteiger partial charge in [-0.1, -0.05) is 40.9 Å². The highest BCUT2D eigenvalue weighted by atomic mass is 35.5. The Hall–Kier alpha value is -1.07. The number of benzene rings is 1. The summed E-state index contributed by atoms with van der Waals surface area (Å²) in [6.45, 7) is 3.60. The molecule has 0 radical (unpaired) electrons. The van der Waals surface area contributed by atoms with E-state index in [0.29, 0.717) is 27.2 Å². The first-order valence-corrected chi connectivity index (χ1v) is 8.39. The van der Waals surface area contributed by atoms with Crippen LogP contribution < -0.4 is 4.90 Å². The van der Waals surface area contributed by atoms with Crippen LogP contribution in [0.2, 0.25) is 15.1 Å². The first-order valence-electron chi connectivity index (χ1n) is 7.26. The van der Waals surface area contributed by atoms with E-state index in [2.05, 4.69) is 14.8 Å². The molecule has 23 heavy (non-hydrogen) atoms. The average Bonchev–Trinajstić information content (AvgIpc) is 2.52. The summed E-state index contributed by atoms with van der Waals surface area (Å²) in [5.74, 6) is 0.474. The highest BCUT2D eigenvalue weighted by Gasteiger charge is 2.21. The van der Waals surface area contributed by atoms with Crippen LogP contribution in [-0.4, -0.2) is 36.1 Å². The van der Waals surface area contributed by atoms with Gasteiger partial charge in [0.05, 0.1) is 10.0 Å². The van der Waals surface area contributed by atoms with E-state index in [1.54, 1.807) is 24.4 Å². The van der Waals surface area contributed by atoms with Gasteiger partial charge in [-0.05, 0) is 18.2 Å². The molecular weight excluding hydrogens is 360 g/mol. The smallest absolute Gasteiger partial charge is 0.147 e. The predicted molar refractivity (Wildman–Crippen MR) is 93.2 cm³/mol. The molecule has 2 heterocycles. The third-order valence-corrected chi connectivity index (χ3v) is 4.74. The van der Waals surface area contributed by atoms with Gasteiger partial charge in [-0.3, -0.25) is 4.90 Å². The number of nitrogens with zero attached hydrogens (tertiary/aromatic N) is 3. The zero-order valence-electron chi connectivity index (χ0n) is 12.3. The van der Waals surface area contributed by atoms with E-state index in [0.717, 1.165) is 32.0 Å². The summed E-state index contributed by atoms with van der Waals surface area (Å²) >= 11 is 18.2. The molecule has 1 saturated heterocycles. The average molecular weight is 375 g/mol. The standard InChI is InChI=1S/C16H15Cl3FN3/c17-11-8-14(19)16(21-9-11)23-6-4-22(5-7-23)10-12-13(18)2-1-3-15(12)20/h1-3,8-9H,4-7,10H2. The van der Waals surface area contributed by atoms with Crippen molar-refractivity contribution in [2.45, 2.75) is 6.54 Å². The summed E-state index contributed by atoms with van der Waals surface area (Å²) < 4.78 is 13.9. The van der Waals surface area contributed by atoms with Crippen LogP contribution in [0.4, 0.5) is 10.2 Å². The van der Waals surface area contributed by atoms with Gasteiger partial charge in [-0.2, -0.15) is 0 Å². The van der Waals surface area contributed by atoms with E-state index in [-0.39, 0.29) is 5.82 Å². The van der Waals surface area contributed by atoms with Gasteiger partial charge < -0.3 is 4.90 Å². The predicted octanol–water partition coefficient (Wildman–Crippen LogP) is 4.50. The van der Waals surface area contributed by atoms with Crippen molar-refractivity contribution in [2.24, 2.45) is 0 Å². The molecule has 3 rings (SSSR count). The molecule has 1 aliphatic rings. The van der Waals surface area contributed by atoms with Crippen molar-refractivity contribution in [2.75, 3.05) is 31.1 Å². The largest absolute Gasteiger partial charge is 0.353 e. The lowest BCUT2D eigenvalue weighted by Crippen LogP contribution is -2.46. The molecule has 0 spiro atoms. The van der Waals surface area contributed by atoms with E-state index in [4.69, 9.17) is 34.8 Å². The summed E-state index contributed by atoms with van der Waals surface area (Å²) in [4.78, 5) is 8.58. The normalized spacial score (nSPS) is 15.9. The minimum atomic E-state index is -0.262. The lowest BCUT2D eigenvalue weighted by molar-refractivity contribution is 0.246. The first-order chi connectivity index (χ1) is 11.0. The molecule has 0 N–H and O–H groups in total. The van der Waals surface area contributed by atoms with E-state index in [9.17, 15) is 4.39 Å². The van der Waals surface area contributed by atoms with Crippen LogP contribution in [0.1, 0.15) is 5.56 Å². The summed E-state index contributed by atoms with van der Waals surface area (Å²) in [7, 11) is 0. The third kappa shape index (κ3) is 3.89. The molecule has 0 saturated carbocycles. The van der Waals surface area contributed by atoms with E-state index < -0.39 is 0 Å². The van der Waals surface area contributed by atoms with Crippen LogP contribution in [0, 0.1) is 5.82 Å². The van der Waals surface area contributed by atoms with Crippen molar-refractivity contribution in [3.63, 3.8) is 0 Å². The topological polar surface area (TPSA) is 19.4 Å². The Kier molecular flexibility index (Phi) is 5.27. The Bertz CT molecular complexity index is 683. The molecular formula is C16H15Cl3FN3. The molecule has 2 aromatic rings. The molecule has 0 bridgehead atoms. The maximum absolute atomic E-state index is 13.9. The fourth-order valence-electron chi connectivity index (χ4n) is 2.66. The lowest BCUT2D eigenvalue weighted by Gasteiger charge is -2.35. The fraction of sp³-hybridized carbons (Fsp3) is 0.312. The number of aromatic nitrogens is 1. The summed E-state index contributed by atoms with van der Waals surface area (Å²) in [5.41, 5.74) is 0.547. The SMILES string of the molecule is Fc1cccc(Cl)c1CN1CCN(c2ncc(Cl)cc2Cl)CC1. The van der Waals surface area contributed by atoms with Crippen LogP contribution >= 0.6 is 34.8 Å². The minimum Gasteiger partial charge on any atom is -0.353 e. The number of hydrogen-bond acceptors (Lipinski definition) is 3. The van der Waals surface area contributed by atoms with Crippen LogP contribution in [0.25, 0.3) is 0 Å². The monoisotopic (exact) mass is 373 g/mol. The van der Waals surface area contributed by atoms with Gasteiger partial charge in [0.15, 0.2) is 0 Å². The maximum Gasteiger partial charge on any atom is 0.147 e. The van der Waals surface area contributed by atoms with Gasteiger partial charge in [0.25, 0.3) is 0 Å². The molecule has 3 nitrogen and oxygen atoms in total.